The molecular formula is C18H25NOS. The van der Waals surface area contributed by atoms with Crippen molar-refractivity contribution in [2.24, 2.45) is 0 Å². The van der Waals surface area contributed by atoms with Crippen molar-refractivity contribution in [2.45, 2.75) is 39.7 Å². The summed E-state index contributed by atoms with van der Waals surface area (Å²) in [6.45, 7) is 8.28. The van der Waals surface area contributed by atoms with Crippen LogP contribution in [-0.4, -0.2) is 13.2 Å². The average Bonchev–Trinajstić information content (AvgIpc) is 2.99. The molecule has 1 N–H and O–H groups in total. The number of hydrogen-bond acceptors (Lipinski definition) is 3. The lowest BCUT2D eigenvalue weighted by Gasteiger charge is -2.19. The van der Waals surface area contributed by atoms with Gasteiger partial charge in [-0.1, -0.05) is 24.6 Å². The van der Waals surface area contributed by atoms with Crippen LogP contribution in [0.1, 0.15) is 43.0 Å². The normalized spacial score (nSPS) is 12.3. The van der Waals surface area contributed by atoms with Gasteiger partial charge in [-0.3, -0.25) is 0 Å². The maximum absolute atomic E-state index is 6.03. The van der Waals surface area contributed by atoms with E-state index in [1.54, 1.807) is 11.3 Å². The third-order valence-corrected chi connectivity index (χ3v) is 4.29. The molecule has 1 aromatic heterocycles. The highest BCUT2D eigenvalue weighted by atomic mass is 32.1. The van der Waals surface area contributed by atoms with Gasteiger partial charge in [0.25, 0.3) is 0 Å². The molecule has 0 aliphatic carbocycles. The molecule has 0 radical (unpaired) electrons. The first-order valence-corrected chi connectivity index (χ1v) is 8.62. The monoisotopic (exact) mass is 303 g/mol. The van der Waals surface area contributed by atoms with Crippen LogP contribution >= 0.6 is 11.3 Å². The summed E-state index contributed by atoms with van der Waals surface area (Å²) in [5.74, 6) is 1.01. The van der Waals surface area contributed by atoms with Gasteiger partial charge in [0, 0.05) is 18.0 Å². The molecule has 0 saturated heterocycles. The molecule has 1 atom stereocenters. The number of ether oxygens (including phenoxy) is 1. The van der Waals surface area contributed by atoms with Gasteiger partial charge in [0.15, 0.2) is 0 Å². The van der Waals surface area contributed by atoms with Crippen LogP contribution in [0.4, 0.5) is 0 Å². The molecule has 1 unspecified atom stereocenters. The number of hydrogen-bond donors (Lipinski definition) is 1. The molecule has 2 aromatic rings. The summed E-state index contributed by atoms with van der Waals surface area (Å²) >= 11 is 1.74. The molecule has 2 rings (SSSR count). The molecule has 0 aliphatic heterocycles. The van der Waals surface area contributed by atoms with Crippen molar-refractivity contribution in [1.82, 2.24) is 5.32 Å². The summed E-state index contributed by atoms with van der Waals surface area (Å²) in [5, 5.41) is 7.84. The Bertz CT molecular complexity index is 536. The van der Waals surface area contributed by atoms with E-state index >= 15 is 0 Å². The van der Waals surface area contributed by atoms with E-state index in [9.17, 15) is 0 Å². The van der Waals surface area contributed by atoms with Gasteiger partial charge in [-0.05, 0) is 55.3 Å². The van der Waals surface area contributed by atoms with Gasteiger partial charge in [-0.15, -0.1) is 0 Å². The van der Waals surface area contributed by atoms with Gasteiger partial charge in [0.1, 0.15) is 5.75 Å². The van der Waals surface area contributed by atoms with Crippen LogP contribution in [0.2, 0.25) is 0 Å². The third-order valence-electron chi connectivity index (χ3n) is 3.56. The van der Waals surface area contributed by atoms with Crippen LogP contribution in [0, 0.1) is 6.92 Å². The van der Waals surface area contributed by atoms with E-state index in [0.29, 0.717) is 6.04 Å². The van der Waals surface area contributed by atoms with E-state index in [4.69, 9.17) is 4.74 Å². The molecule has 114 valence electrons. The molecular weight excluding hydrogens is 278 g/mol. The van der Waals surface area contributed by atoms with Crippen LogP contribution in [0.5, 0.6) is 5.75 Å². The lowest BCUT2D eigenvalue weighted by atomic mass is 10.0. The predicted molar refractivity (Wildman–Crippen MR) is 91.4 cm³/mol. The Morgan fingerprint density at radius 3 is 2.86 bits per heavy atom. The van der Waals surface area contributed by atoms with Crippen LogP contribution in [0.25, 0.3) is 0 Å². The quantitative estimate of drug-likeness (QED) is 0.760. The summed E-state index contributed by atoms with van der Waals surface area (Å²) in [6, 6.07) is 8.93. The van der Waals surface area contributed by atoms with Gasteiger partial charge in [0.05, 0.1) is 6.61 Å². The van der Waals surface area contributed by atoms with Crippen LogP contribution < -0.4 is 10.1 Å². The SMILES string of the molecule is CCCNC(C)c1cc(C)ccc1OCCc1ccsc1. The number of thiophene rings is 1. The summed E-state index contributed by atoms with van der Waals surface area (Å²) in [6.07, 6.45) is 2.11. The summed E-state index contributed by atoms with van der Waals surface area (Å²) in [7, 11) is 0. The van der Waals surface area contributed by atoms with Crippen molar-refractivity contribution in [3.05, 3.63) is 51.7 Å². The molecule has 0 aliphatic rings. The second kappa shape index (κ2) is 8.20. The highest BCUT2D eigenvalue weighted by Gasteiger charge is 2.11. The van der Waals surface area contributed by atoms with Gasteiger partial charge in [-0.25, -0.2) is 0 Å². The Morgan fingerprint density at radius 2 is 2.14 bits per heavy atom. The fraction of sp³-hybridized carbons (Fsp3) is 0.444. The average molecular weight is 303 g/mol. The third kappa shape index (κ3) is 4.87. The predicted octanol–water partition coefficient (Wildman–Crippen LogP) is 4.74. The number of aryl methyl sites for hydroxylation is 1. The molecule has 0 saturated carbocycles. The second-order valence-electron chi connectivity index (χ2n) is 5.45. The lowest BCUT2D eigenvalue weighted by molar-refractivity contribution is 0.315. The highest BCUT2D eigenvalue weighted by molar-refractivity contribution is 7.07. The molecule has 2 nitrogen and oxygen atoms in total. The summed E-state index contributed by atoms with van der Waals surface area (Å²) in [4.78, 5) is 0. The molecule has 0 spiro atoms. The Kier molecular flexibility index (Phi) is 6.27. The van der Waals surface area contributed by atoms with Crippen molar-refractivity contribution in [1.29, 1.82) is 0 Å². The number of nitrogens with one attached hydrogen (secondary N) is 1. The highest BCUT2D eigenvalue weighted by Crippen LogP contribution is 2.26. The van der Waals surface area contributed by atoms with Gasteiger partial charge < -0.3 is 10.1 Å². The smallest absolute Gasteiger partial charge is 0.124 e. The van der Waals surface area contributed by atoms with Crippen molar-refractivity contribution in [3.63, 3.8) is 0 Å². The second-order valence-corrected chi connectivity index (χ2v) is 6.23. The van der Waals surface area contributed by atoms with Crippen LogP contribution in [0.3, 0.4) is 0 Å². The van der Waals surface area contributed by atoms with Crippen LogP contribution in [0.15, 0.2) is 35.0 Å². The largest absolute Gasteiger partial charge is 0.493 e. The van der Waals surface area contributed by atoms with Crippen LogP contribution in [-0.2, 0) is 6.42 Å². The first kappa shape index (κ1) is 16.1. The first-order valence-electron chi connectivity index (χ1n) is 7.68. The molecule has 21 heavy (non-hydrogen) atoms. The first-order chi connectivity index (χ1) is 10.2. The molecule has 0 fully saturated rings. The van der Waals surface area contributed by atoms with Crippen molar-refractivity contribution >= 4 is 11.3 Å². The Morgan fingerprint density at radius 1 is 1.29 bits per heavy atom. The Hall–Kier alpha value is -1.32. The van der Waals surface area contributed by atoms with Crippen molar-refractivity contribution in [2.75, 3.05) is 13.2 Å². The van der Waals surface area contributed by atoms with Crippen molar-refractivity contribution in [3.8, 4) is 5.75 Å². The molecule has 0 bridgehead atoms. The molecule has 3 heteroatoms. The van der Waals surface area contributed by atoms with Crippen molar-refractivity contribution < 1.29 is 4.74 Å². The topological polar surface area (TPSA) is 21.3 Å². The minimum absolute atomic E-state index is 0.320. The minimum Gasteiger partial charge on any atom is -0.493 e. The Labute approximate surface area is 132 Å². The molecule has 0 amide bonds. The zero-order chi connectivity index (χ0) is 15.1. The number of rotatable bonds is 8. The minimum atomic E-state index is 0.320. The lowest BCUT2D eigenvalue weighted by Crippen LogP contribution is -2.20. The molecule has 1 aromatic carbocycles. The zero-order valence-corrected chi connectivity index (χ0v) is 14.0. The fourth-order valence-electron chi connectivity index (χ4n) is 2.32. The maximum atomic E-state index is 6.03. The van der Waals surface area contributed by atoms with Gasteiger partial charge >= 0.3 is 0 Å². The maximum Gasteiger partial charge on any atom is 0.124 e. The van der Waals surface area contributed by atoms with E-state index in [2.05, 4.69) is 61.1 Å². The van der Waals surface area contributed by atoms with E-state index in [-0.39, 0.29) is 0 Å². The summed E-state index contributed by atoms with van der Waals surface area (Å²) < 4.78 is 6.03. The summed E-state index contributed by atoms with van der Waals surface area (Å²) in [5.41, 5.74) is 3.89. The van der Waals surface area contributed by atoms with E-state index in [0.717, 1.165) is 31.7 Å². The molecule has 1 heterocycles. The van der Waals surface area contributed by atoms with Gasteiger partial charge in [0.2, 0.25) is 0 Å². The van der Waals surface area contributed by atoms with E-state index < -0.39 is 0 Å². The Balaban J connectivity index is 2.00. The van der Waals surface area contributed by atoms with E-state index in [1.165, 1.54) is 16.7 Å². The zero-order valence-electron chi connectivity index (χ0n) is 13.2. The van der Waals surface area contributed by atoms with E-state index in [1.807, 2.05) is 0 Å². The number of benzene rings is 1. The standard InChI is InChI=1S/C18H25NOS/c1-4-9-19-15(3)17-12-14(2)5-6-18(17)20-10-7-16-8-11-21-13-16/h5-6,8,11-13,15,19H,4,7,9-10H2,1-3H3. The van der Waals surface area contributed by atoms with Gasteiger partial charge in [-0.2, -0.15) is 11.3 Å². The fourth-order valence-corrected chi connectivity index (χ4v) is 3.03.